The number of aromatic carboxylic acids is 2. The lowest BCUT2D eigenvalue weighted by molar-refractivity contribution is 0.0685. The average Bonchev–Trinajstić information content (AvgIpc) is 2.59. The van der Waals surface area contributed by atoms with Gasteiger partial charge in [-0.05, 0) is 53.2 Å². The predicted octanol–water partition coefficient (Wildman–Crippen LogP) is 2.04. The van der Waals surface area contributed by atoms with E-state index in [1.807, 2.05) is 0 Å². The average molecular weight is 420 g/mol. The van der Waals surface area contributed by atoms with Gasteiger partial charge in [0.15, 0.2) is 0 Å². The number of benzene rings is 3. The van der Waals surface area contributed by atoms with Gasteiger partial charge in [-0.1, -0.05) is 6.07 Å². The van der Waals surface area contributed by atoms with Crippen LogP contribution in [0, 0.1) is 0 Å². The van der Waals surface area contributed by atoms with Gasteiger partial charge in [-0.15, -0.1) is 0 Å². The molecule has 3 aromatic carbocycles. The van der Waals surface area contributed by atoms with E-state index in [9.17, 15) is 23.1 Å². The second-order valence-electron chi connectivity index (χ2n) is 5.81. The summed E-state index contributed by atoms with van der Waals surface area (Å²) in [4.78, 5) is 21.3. The number of carboxylic acids is 2. The zero-order valence-electron chi connectivity index (χ0n) is 14.6. The van der Waals surface area contributed by atoms with Crippen LogP contribution in [0.1, 0.15) is 20.7 Å². The number of carbonyl (C=O) groups is 2. The Hall–Kier alpha value is -3.83. The molecule has 3 aromatic rings. The van der Waals surface area contributed by atoms with E-state index >= 15 is 0 Å². The molecule has 10 nitrogen and oxygen atoms in total. The zero-order chi connectivity index (χ0) is 21.9. The van der Waals surface area contributed by atoms with Crippen LogP contribution >= 0.6 is 0 Å². The fraction of sp³-hybridized carbons (Fsp3) is 0. The molecule has 3 rings (SSSR count). The molecule has 0 fully saturated rings. The molecule has 0 aliphatic rings. The smallest absolute Gasteiger partial charge is 0.339 e. The lowest BCUT2D eigenvalue weighted by atomic mass is 10.0. The van der Waals surface area contributed by atoms with Gasteiger partial charge in [0.05, 0.1) is 11.3 Å². The van der Waals surface area contributed by atoms with Crippen molar-refractivity contribution in [2.24, 2.45) is 0 Å². The first-order valence-electron chi connectivity index (χ1n) is 7.76. The van der Waals surface area contributed by atoms with Crippen LogP contribution in [-0.2, 0) is 10.1 Å². The Kier molecular flexibility index (Phi) is 5.95. The lowest BCUT2D eigenvalue weighted by Crippen LogP contribution is -2.03. The maximum atomic E-state index is 10.8. The molecule has 0 unspecified atom stereocenters. The van der Waals surface area contributed by atoms with E-state index in [2.05, 4.69) is 0 Å². The minimum absolute atomic E-state index is 0.0579. The third-order valence-electron chi connectivity index (χ3n) is 3.74. The van der Waals surface area contributed by atoms with Gasteiger partial charge in [0.1, 0.15) is 16.2 Å². The van der Waals surface area contributed by atoms with Crippen molar-refractivity contribution in [3.05, 3.63) is 59.7 Å². The molecule has 0 radical (unpaired) electrons. The molecular weight excluding hydrogens is 404 g/mol. The van der Waals surface area contributed by atoms with E-state index in [1.54, 1.807) is 0 Å². The van der Waals surface area contributed by atoms with Crippen molar-refractivity contribution in [2.75, 3.05) is 11.5 Å². The molecule has 0 aliphatic carbocycles. The standard InChI is InChI=1S/C12H8O5.C6H8N2O3S/c13-10-5-6-1-2-7(11(14)15)3-8(6)4-9(10)12(16)17;7-4-1-2-6(5(8)3-4)12(9,10)11/h1-5,13H,(H,14,15)(H,16,17);1-3H,7-8H2,(H,9,10,11). The minimum Gasteiger partial charge on any atom is -0.507 e. The highest BCUT2D eigenvalue weighted by Gasteiger charge is 2.13. The molecule has 0 atom stereocenters. The van der Waals surface area contributed by atoms with Crippen LogP contribution in [0.3, 0.4) is 0 Å². The van der Waals surface area contributed by atoms with Gasteiger partial charge < -0.3 is 26.8 Å². The summed E-state index contributed by atoms with van der Waals surface area (Å²) in [5.74, 6) is -2.69. The first-order valence-corrected chi connectivity index (χ1v) is 9.20. The number of rotatable bonds is 3. The van der Waals surface area contributed by atoms with Crippen molar-refractivity contribution in [3.8, 4) is 5.75 Å². The molecule has 152 valence electrons. The van der Waals surface area contributed by atoms with E-state index < -0.39 is 22.1 Å². The van der Waals surface area contributed by atoms with Crippen LogP contribution in [0.5, 0.6) is 5.75 Å². The summed E-state index contributed by atoms with van der Waals surface area (Å²) in [6, 6.07) is 10.6. The molecule has 0 saturated heterocycles. The summed E-state index contributed by atoms with van der Waals surface area (Å²) in [6.07, 6.45) is 0. The molecule has 0 amide bonds. The van der Waals surface area contributed by atoms with E-state index in [0.717, 1.165) is 6.07 Å². The Morgan fingerprint density at radius 1 is 0.828 bits per heavy atom. The van der Waals surface area contributed by atoms with E-state index in [1.165, 1.54) is 42.5 Å². The third kappa shape index (κ3) is 5.12. The number of phenols is 1. The van der Waals surface area contributed by atoms with Gasteiger partial charge in [0.2, 0.25) is 0 Å². The van der Waals surface area contributed by atoms with Gasteiger partial charge in [0, 0.05) is 5.69 Å². The normalized spacial score (nSPS) is 10.8. The summed E-state index contributed by atoms with van der Waals surface area (Å²) >= 11 is 0. The molecule has 0 aromatic heterocycles. The number of nitrogens with two attached hydrogens (primary N) is 2. The number of nitrogen functional groups attached to an aromatic ring is 2. The van der Waals surface area contributed by atoms with Gasteiger partial charge >= 0.3 is 11.9 Å². The van der Waals surface area contributed by atoms with E-state index in [4.69, 9.17) is 26.2 Å². The molecular formula is C18H16N2O8S. The number of carboxylic acid groups (broad SMARTS) is 2. The molecule has 11 heteroatoms. The van der Waals surface area contributed by atoms with Crippen molar-refractivity contribution in [2.45, 2.75) is 4.90 Å². The number of aromatic hydroxyl groups is 1. The van der Waals surface area contributed by atoms with Gasteiger partial charge in [0.25, 0.3) is 10.1 Å². The number of hydrogen-bond acceptors (Lipinski definition) is 7. The first kappa shape index (κ1) is 21.5. The van der Waals surface area contributed by atoms with E-state index in [-0.39, 0.29) is 27.5 Å². The largest absolute Gasteiger partial charge is 0.507 e. The predicted molar refractivity (Wildman–Crippen MR) is 105 cm³/mol. The highest BCUT2D eigenvalue weighted by molar-refractivity contribution is 7.86. The Morgan fingerprint density at radius 2 is 1.48 bits per heavy atom. The SMILES string of the molecule is Nc1ccc(S(=O)(=O)O)c(N)c1.O=C(O)c1ccc2cc(O)c(C(=O)O)cc2c1. The van der Waals surface area contributed by atoms with Crippen LogP contribution in [-0.4, -0.2) is 40.2 Å². The van der Waals surface area contributed by atoms with Gasteiger partial charge in [-0.2, -0.15) is 8.42 Å². The maximum Gasteiger partial charge on any atom is 0.339 e. The highest BCUT2D eigenvalue weighted by atomic mass is 32.2. The Bertz CT molecular complexity index is 1220. The summed E-state index contributed by atoms with van der Waals surface area (Å²) in [6.45, 7) is 0. The Labute approximate surface area is 164 Å². The molecule has 0 saturated carbocycles. The number of hydrogen-bond donors (Lipinski definition) is 6. The van der Waals surface area contributed by atoms with Crippen molar-refractivity contribution in [1.29, 1.82) is 0 Å². The van der Waals surface area contributed by atoms with Crippen LogP contribution in [0.4, 0.5) is 11.4 Å². The molecule has 0 aliphatic heterocycles. The third-order valence-corrected chi connectivity index (χ3v) is 4.67. The second-order valence-corrected chi connectivity index (χ2v) is 7.20. The maximum absolute atomic E-state index is 10.8. The molecule has 0 heterocycles. The Morgan fingerprint density at radius 3 is 2.00 bits per heavy atom. The van der Waals surface area contributed by atoms with Gasteiger partial charge in [-0.25, -0.2) is 9.59 Å². The molecule has 0 bridgehead atoms. The molecule has 0 spiro atoms. The van der Waals surface area contributed by atoms with Crippen LogP contribution in [0.2, 0.25) is 0 Å². The number of anilines is 2. The Balaban J connectivity index is 0.000000221. The van der Waals surface area contributed by atoms with Crippen molar-refractivity contribution in [3.63, 3.8) is 0 Å². The zero-order valence-corrected chi connectivity index (χ0v) is 15.4. The van der Waals surface area contributed by atoms with Crippen molar-refractivity contribution < 1.29 is 37.9 Å². The quantitative estimate of drug-likeness (QED) is 0.269. The van der Waals surface area contributed by atoms with Crippen LogP contribution in [0.25, 0.3) is 10.8 Å². The van der Waals surface area contributed by atoms with Crippen molar-refractivity contribution in [1.82, 2.24) is 0 Å². The van der Waals surface area contributed by atoms with Crippen LogP contribution < -0.4 is 11.5 Å². The minimum atomic E-state index is -4.23. The molecule has 29 heavy (non-hydrogen) atoms. The summed E-state index contributed by atoms with van der Waals surface area (Å²) < 4.78 is 29.8. The highest BCUT2D eigenvalue weighted by Crippen LogP contribution is 2.26. The fourth-order valence-electron chi connectivity index (χ4n) is 2.39. The molecule has 8 N–H and O–H groups in total. The van der Waals surface area contributed by atoms with E-state index in [0.29, 0.717) is 16.5 Å². The summed E-state index contributed by atoms with van der Waals surface area (Å²) in [5.41, 5.74) is 10.7. The lowest BCUT2D eigenvalue weighted by Gasteiger charge is -2.04. The first-order chi connectivity index (χ1) is 13.4. The monoisotopic (exact) mass is 420 g/mol. The van der Waals surface area contributed by atoms with Crippen molar-refractivity contribution >= 4 is 44.2 Å². The fourth-order valence-corrected chi connectivity index (χ4v) is 2.99. The van der Waals surface area contributed by atoms with Crippen LogP contribution in [0.15, 0.2) is 53.4 Å². The summed E-state index contributed by atoms with van der Waals surface area (Å²) in [5, 5.41) is 28.1. The topological polar surface area (TPSA) is 201 Å². The summed E-state index contributed by atoms with van der Waals surface area (Å²) in [7, 11) is -4.23. The number of fused-ring (bicyclic) bond motifs is 1. The second kappa shape index (κ2) is 8.04. The van der Waals surface area contributed by atoms with Gasteiger partial charge in [-0.3, -0.25) is 4.55 Å².